The van der Waals surface area contributed by atoms with Crippen LogP contribution in [-0.4, -0.2) is 143 Å². The number of likely N-dealkylation sites (tertiary alicyclic amines) is 2. The van der Waals surface area contributed by atoms with Gasteiger partial charge in [-0.1, -0.05) is 0 Å². The molecule has 5 aliphatic rings. The number of ether oxygens (including phenoxy) is 2. The second kappa shape index (κ2) is 14.7. The molecule has 16 heteroatoms. The van der Waals surface area contributed by atoms with E-state index in [1.54, 1.807) is 24.6 Å². The fourth-order valence-electron chi connectivity index (χ4n) is 9.11. The first kappa shape index (κ1) is 39.6. The number of anilines is 1. The molecule has 6 heterocycles. The molecular weight excluding hydrogens is 728 g/mol. The minimum Gasteiger partial charge on any atom is -0.451 e. The topological polar surface area (TPSA) is 132 Å². The first-order valence-electron chi connectivity index (χ1n) is 19.7. The van der Waals surface area contributed by atoms with Crippen LogP contribution in [0.25, 0.3) is 0 Å². The Morgan fingerprint density at radius 2 is 1.62 bits per heavy atom. The van der Waals surface area contributed by atoms with Crippen LogP contribution in [-0.2, 0) is 14.9 Å². The molecule has 5 saturated heterocycles. The Morgan fingerprint density at radius 3 is 2.25 bits per heavy atom. The molecule has 0 radical (unpaired) electrons. The van der Waals surface area contributed by atoms with Crippen LogP contribution in [0.15, 0.2) is 30.7 Å². The van der Waals surface area contributed by atoms with E-state index in [-0.39, 0.29) is 46.2 Å². The quantitative estimate of drug-likeness (QED) is 0.335. The Labute approximate surface area is 325 Å². The highest BCUT2D eigenvalue weighted by Crippen LogP contribution is 2.46. The average Bonchev–Trinajstić information content (AvgIpc) is 3.52. The fraction of sp³-hybridized carbons (Fsp3) is 0.692. The normalized spacial score (nSPS) is 22.8. The number of nitrogens with zero attached hydrogens (tertiary/aromatic N) is 8. The summed E-state index contributed by atoms with van der Waals surface area (Å²) in [5.41, 5.74) is -0.392. The highest BCUT2D eigenvalue weighted by atomic mass is 32.2. The van der Waals surface area contributed by atoms with Crippen molar-refractivity contribution in [1.82, 2.24) is 33.3 Å². The summed E-state index contributed by atoms with van der Waals surface area (Å²) in [4.78, 5) is 42.8. The summed E-state index contributed by atoms with van der Waals surface area (Å²) in [5, 5.41) is 0. The summed E-state index contributed by atoms with van der Waals surface area (Å²) >= 11 is 0. The fourth-order valence-corrected chi connectivity index (χ4v) is 11.0. The Bertz CT molecular complexity index is 1850. The Kier molecular flexibility index (Phi) is 10.6. The van der Waals surface area contributed by atoms with Gasteiger partial charge < -0.3 is 29.1 Å². The lowest BCUT2D eigenvalue weighted by atomic mass is 9.72. The predicted molar refractivity (Wildman–Crippen MR) is 206 cm³/mol. The molecule has 2 aromatic rings. The van der Waals surface area contributed by atoms with Crippen LogP contribution in [0.2, 0.25) is 0 Å². The van der Waals surface area contributed by atoms with Crippen molar-refractivity contribution in [3.63, 3.8) is 0 Å². The molecule has 55 heavy (non-hydrogen) atoms. The van der Waals surface area contributed by atoms with E-state index in [0.717, 1.165) is 52.0 Å². The monoisotopic (exact) mass is 784 g/mol. The van der Waals surface area contributed by atoms with Gasteiger partial charge in [-0.15, -0.1) is 0 Å². The van der Waals surface area contributed by atoms with Gasteiger partial charge in [-0.25, -0.2) is 19.2 Å². The number of amides is 2. The highest BCUT2D eigenvalue weighted by molar-refractivity contribution is 7.86. The SMILES string of the molecule is CC(C)N(C(=O)c1cc(F)ccc1Oc1cncnc1N1CC2(CCN(C[C@H]3CCN(S(=O)(=O)N4CC5(CN(C(=O)OC(C)(C)C)C5)C4)C3)CC2)C1)C(C)C. The van der Waals surface area contributed by atoms with Crippen LogP contribution >= 0.6 is 0 Å². The lowest BCUT2D eigenvalue weighted by Gasteiger charge is -2.59. The Morgan fingerprint density at radius 1 is 0.945 bits per heavy atom. The third-order valence-corrected chi connectivity index (χ3v) is 13.7. The maximum atomic E-state index is 14.4. The number of carbonyl (C=O) groups is 2. The number of piperidine rings is 1. The molecule has 5 fully saturated rings. The molecule has 0 saturated carbocycles. The minimum atomic E-state index is -3.53. The molecule has 0 N–H and O–H groups in total. The van der Waals surface area contributed by atoms with Gasteiger partial charge in [-0.05, 0) is 105 Å². The van der Waals surface area contributed by atoms with Crippen molar-refractivity contribution in [3.05, 3.63) is 42.1 Å². The summed E-state index contributed by atoms with van der Waals surface area (Å²) in [6, 6.07) is 3.85. The zero-order valence-corrected chi connectivity index (χ0v) is 34.1. The summed E-state index contributed by atoms with van der Waals surface area (Å²) < 4.78 is 56.4. The number of benzene rings is 1. The number of halogens is 1. The maximum absolute atomic E-state index is 14.4. The predicted octanol–water partition coefficient (Wildman–Crippen LogP) is 4.69. The third kappa shape index (κ3) is 8.14. The molecular formula is C39H57FN8O6S. The van der Waals surface area contributed by atoms with Crippen molar-refractivity contribution in [3.8, 4) is 11.5 Å². The lowest BCUT2D eigenvalue weighted by Crippen LogP contribution is -2.74. The van der Waals surface area contributed by atoms with E-state index in [1.165, 1.54) is 24.5 Å². The molecule has 2 spiro atoms. The molecule has 7 rings (SSSR count). The van der Waals surface area contributed by atoms with Gasteiger partial charge in [-0.3, -0.25) is 4.79 Å². The van der Waals surface area contributed by atoms with Crippen LogP contribution in [0.1, 0.15) is 78.1 Å². The molecule has 5 aliphatic heterocycles. The molecule has 0 aliphatic carbocycles. The largest absolute Gasteiger partial charge is 0.451 e. The van der Waals surface area contributed by atoms with Gasteiger partial charge in [0.1, 0.15) is 23.5 Å². The van der Waals surface area contributed by atoms with Gasteiger partial charge in [0.05, 0.1) is 11.8 Å². The third-order valence-electron chi connectivity index (χ3n) is 11.8. The van der Waals surface area contributed by atoms with E-state index in [9.17, 15) is 22.4 Å². The van der Waals surface area contributed by atoms with Gasteiger partial charge in [0, 0.05) is 81.8 Å². The number of rotatable bonds is 10. The molecule has 1 aromatic carbocycles. The summed E-state index contributed by atoms with van der Waals surface area (Å²) in [6.45, 7) is 20.7. The van der Waals surface area contributed by atoms with Crippen molar-refractivity contribution in [2.75, 3.05) is 76.9 Å². The second-order valence-electron chi connectivity index (χ2n) is 18.1. The Balaban J connectivity index is 0.882. The summed E-state index contributed by atoms with van der Waals surface area (Å²) in [7, 11) is -3.53. The lowest BCUT2D eigenvalue weighted by molar-refractivity contribution is -0.0852. The van der Waals surface area contributed by atoms with Crippen LogP contribution in [0.4, 0.5) is 15.0 Å². The molecule has 302 valence electrons. The summed E-state index contributed by atoms with van der Waals surface area (Å²) in [5.74, 6) is 0.805. The van der Waals surface area contributed by atoms with E-state index in [0.29, 0.717) is 56.8 Å². The van der Waals surface area contributed by atoms with Crippen molar-refractivity contribution in [2.24, 2.45) is 16.7 Å². The average molecular weight is 785 g/mol. The molecule has 0 unspecified atom stereocenters. The van der Waals surface area contributed by atoms with Gasteiger partial charge in [-0.2, -0.15) is 17.0 Å². The minimum absolute atomic E-state index is 0.0787. The maximum Gasteiger partial charge on any atom is 0.410 e. The van der Waals surface area contributed by atoms with Gasteiger partial charge >= 0.3 is 6.09 Å². The van der Waals surface area contributed by atoms with Crippen LogP contribution in [0.3, 0.4) is 0 Å². The van der Waals surface area contributed by atoms with E-state index < -0.39 is 21.6 Å². The molecule has 2 amide bonds. The van der Waals surface area contributed by atoms with E-state index in [2.05, 4.69) is 19.8 Å². The van der Waals surface area contributed by atoms with Crippen molar-refractivity contribution in [2.45, 2.75) is 85.4 Å². The molecule has 1 atom stereocenters. The van der Waals surface area contributed by atoms with Gasteiger partial charge in [0.25, 0.3) is 16.1 Å². The number of hydrogen-bond acceptors (Lipinski definition) is 10. The number of hydrogen-bond donors (Lipinski definition) is 0. The van der Waals surface area contributed by atoms with Gasteiger partial charge in [0.2, 0.25) is 0 Å². The van der Waals surface area contributed by atoms with Crippen molar-refractivity contribution >= 4 is 28.0 Å². The van der Waals surface area contributed by atoms with E-state index >= 15 is 0 Å². The zero-order chi connectivity index (χ0) is 39.5. The van der Waals surface area contributed by atoms with Crippen LogP contribution < -0.4 is 9.64 Å². The van der Waals surface area contributed by atoms with Crippen LogP contribution in [0.5, 0.6) is 11.5 Å². The Hall–Kier alpha value is -3.60. The number of aromatic nitrogens is 2. The van der Waals surface area contributed by atoms with Crippen LogP contribution in [0, 0.1) is 22.6 Å². The molecule has 1 aromatic heterocycles. The highest BCUT2D eigenvalue weighted by Gasteiger charge is 2.58. The first-order chi connectivity index (χ1) is 25.9. The first-order valence-corrected chi connectivity index (χ1v) is 21.1. The van der Waals surface area contributed by atoms with E-state index in [1.807, 2.05) is 48.5 Å². The van der Waals surface area contributed by atoms with Crippen molar-refractivity contribution < 1.29 is 31.9 Å². The van der Waals surface area contributed by atoms with Crippen molar-refractivity contribution in [1.29, 1.82) is 0 Å². The molecule has 14 nitrogen and oxygen atoms in total. The standard InChI is InChI=1S/C39H57FN8O6S/c1-27(2)48(28(3)4)35(49)31-16-30(40)8-9-32(31)53-33-17-41-26-42-34(33)44-20-38(21-44)11-14-43(15-12-38)18-29-10-13-46(19-29)55(51,52)47-24-39(25-47)22-45(23-39)36(50)54-37(5,6)7/h8-9,16-17,26-29H,10-15,18-25H2,1-7H3/t29-/m1/s1. The number of carbonyl (C=O) groups excluding carboxylic acids is 2. The molecule has 0 bridgehead atoms. The zero-order valence-electron chi connectivity index (χ0n) is 33.3. The second-order valence-corrected chi connectivity index (χ2v) is 20.1. The summed E-state index contributed by atoms with van der Waals surface area (Å²) in [6.07, 6.45) is 5.67. The van der Waals surface area contributed by atoms with E-state index in [4.69, 9.17) is 9.47 Å². The van der Waals surface area contributed by atoms with Gasteiger partial charge in [0.15, 0.2) is 11.6 Å². The smallest absolute Gasteiger partial charge is 0.410 e.